The molecule has 236 valence electrons. The van der Waals surface area contributed by atoms with Gasteiger partial charge in [0.15, 0.2) is 5.83 Å². The second kappa shape index (κ2) is 12.0. The lowest BCUT2D eigenvalue weighted by Gasteiger charge is -2.42. The molecule has 2 aromatic heterocycles. The summed E-state index contributed by atoms with van der Waals surface area (Å²) in [5, 5.41) is 10.7. The Hall–Kier alpha value is -3.46. The van der Waals surface area contributed by atoms with Gasteiger partial charge in [0.25, 0.3) is 5.91 Å². The molecule has 45 heavy (non-hydrogen) atoms. The molecule has 6 heterocycles. The summed E-state index contributed by atoms with van der Waals surface area (Å²) in [7, 11) is 0. The summed E-state index contributed by atoms with van der Waals surface area (Å²) in [6.07, 6.45) is 2.35. The fraction of sp³-hybridized carbons (Fsp3) is 0.485. The minimum absolute atomic E-state index is 0.0671. The third-order valence-corrected chi connectivity index (χ3v) is 11.1. The van der Waals surface area contributed by atoms with E-state index in [4.69, 9.17) is 21.3 Å². The minimum Gasteiger partial charge on any atom is -0.476 e. The van der Waals surface area contributed by atoms with Gasteiger partial charge in [-0.25, -0.2) is 8.78 Å². The lowest BCUT2D eigenvalue weighted by molar-refractivity contribution is -0.131. The van der Waals surface area contributed by atoms with E-state index in [0.717, 1.165) is 69.4 Å². The van der Waals surface area contributed by atoms with Gasteiger partial charge in [-0.1, -0.05) is 24.2 Å². The summed E-state index contributed by atoms with van der Waals surface area (Å²) < 4.78 is 36.7. The molecule has 0 spiro atoms. The second-order valence-corrected chi connectivity index (χ2v) is 14.3. The maximum absolute atomic E-state index is 14.5. The zero-order valence-electron chi connectivity index (χ0n) is 25.0. The number of benzene rings is 1. The number of ether oxygens (including phenoxy) is 1. The SMILES string of the molecule is C=C(F)C(=O)N1CCN(c2nc(OCC34CCCN3C[C@H](F)C4)cc3c2CCN(c2cccc4sc(Cl)cc24)C3)C[C@@H]1CC#N. The van der Waals surface area contributed by atoms with Crippen LogP contribution in [0.5, 0.6) is 5.88 Å². The molecule has 3 aromatic rings. The molecule has 3 atom stereocenters. The van der Waals surface area contributed by atoms with Crippen LogP contribution in [0, 0.1) is 11.3 Å². The third kappa shape index (κ3) is 5.62. The quantitative estimate of drug-likeness (QED) is 0.295. The smallest absolute Gasteiger partial charge is 0.282 e. The average molecular weight is 653 g/mol. The van der Waals surface area contributed by atoms with Crippen molar-refractivity contribution >= 4 is 50.4 Å². The summed E-state index contributed by atoms with van der Waals surface area (Å²) >= 11 is 7.96. The van der Waals surface area contributed by atoms with Gasteiger partial charge in [0.2, 0.25) is 5.88 Å². The summed E-state index contributed by atoms with van der Waals surface area (Å²) in [6, 6.07) is 12.0. The summed E-state index contributed by atoms with van der Waals surface area (Å²) in [5.74, 6) is -0.549. The van der Waals surface area contributed by atoms with Gasteiger partial charge in [0, 0.05) is 73.1 Å². The largest absolute Gasteiger partial charge is 0.476 e. The van der Waals surface area contributed by atoms with Crippen LogP contribution < -0.4 is 14.5 Å². The van der Waals surface area contributed by atoms with Crippen molar-refractivity contribution in [3.8, 4) is 11.9 Å². The van der Waals surface area contributed by atoms with Crippen molar-refractivity contribution < 1.29 is 18.3 Å². The van der Waals surface area contributed by atoms with Crippen LogP contribution in [-0.4, -0.2) is 84.3 Å². The van der Waals surface area contributed by atoms with E-state index in [-0.39, 0.29) is 18.5 Å². The normalized spacial score (nSPS) is 24.9. The van der Waals surface area contributed by atoms with E-state index >= 15 is 0 Å². The molecule has 0 bridgehead atoms. The van der Waals surface area contributed by atoms with Gasteiger partial charge in [0.1, 0.15) is 18.6 Å². The molecule has 4 aliphatic heterocycles. The molecule has 7 rings (SSSR count). The maximum Gasteiger partial charge on any atom is 0.282 e. The monoisotopic (exact) mass is 652 g/mol. The molecule has 1 amide bonds. The highest BCUT2D eigenvalue weighted by atomic mass is 35.5. The molecule has 8 nitrogen and oxygen atoms in total. The van der Waals surface area contributed by atoms with Gasteiger partial charge in [-0.05, 0) is 49.6 Å². The number of piperazine rings is 1. The van der Waals surface area contributed by atoms with Crippen molar-refractivity contribution in [2.45, 2.75) is 56.4 Å². The first kappa shape index (κ1) is 30.2. The van der Waals surface area contributed by atoms with Crippen molar-refractivity contribution in [1.82, 2.24) is 14.8 Å². The van der Waals surface area contributed by atoms with Gasteiger partial charge in [0.05, 0.1) is 28.4 Å². The molecule has 0 aliphatic carbocycles. The van der Waals surface area contributed by atoms with Crippen molar-refractivity contribution in [2.24, 2.45) is 0 Å². The molecular formula is C33H35ClF2N6O2S. The molecule has 1 aromatic carbocycles. The first-order valence-corrected chi connectivity index (χ1v) is 16.7. The highest BCUT2D eigenvalue weighted by Crippen LogP contribution is 2.42. The highest BCUT2D eigenvalue weighted by Gasteiger charge is 2.49. The number of pyridine rings is 1. The van der Waals surface area contributed by atoms with Crippen LogP contribution in [0.1, 0.15) is 36.8 Å². The number of halogens is 3. The number of amides is 1. The maximum atomic E-state index is 14.5. The van der Waals surface area contributed by atoms with Gasteiger partial charge in [-0.3, -0.25) is 9.69 Å². The molecular weight excluding hydrogens is 618 g/mol. The van der Waals surface area contributed by atoms with Crippen molar-refractivity contribution in [3.05, 3.63) is 58.2 Å². The van der Waals surface area contributed by atoms with Crippen molar-refractivity contribution in [3.63, 3.8) is 0 Å². The van der Waals surface area contributed by atoms with E-state index in [1.807, 2.05) is 12.1 Å². The number of alkyl halides is 1. The standard InChI is InChI=1S/C33H35ClF2N6O2S/c1-21(35)32(43)42-13-12-40(19-24(42)6-9-37)31-25-7-11-39(27-4-2-5-28-26(27)15-29(34)45-28)17-22(25)14-30(38-31)44-20-33-8-3-10-41(33)18-23(36)16-33/h2,4-5,14-15,23-24H,1,3,6-8,10-13,16-20H2/t23-,24+,33?/m1/s1. The Morgan fingerprint density at radius 3 is 2.91 bits per heavy atom. The average Bonchev–Trinajstić information content (AvgIpc) is 3.69. The highest BCUT2D eigenvalue weighted by molar-refractivity contribution is 7.22. The van der Waals surface area contributed by atoms with Crippen molar-refractivity contribution in [2.75, 3.05) is 55.7 Å². The molecule has 12 heteroatoms. The first-order chi connectivity index (χ1) is 21.7. The molecule has 0 saturated carbocycles. The molecule has 1 unspecified atom stereocenters. The van der Waals surface area contributed by atoms with E-state index in [1.165, 1.54) is 4.90 Å². The Kier molecular flexibility index (Phi) is 8.09. The Bertz CT molecular complexity index is 1700. The van der Waals surface area contributed by atoms with Crippen LogP contribution >= 0.6 is 22.9 Å². The lowest BCUT2D eigenvalue weighted by atomic mass is 9.95. The van der Waals surface area contributed by atoms with Crippen LogP contribution in [0.25, 0.3) is 10.1 Å². The number of anilines is 2. The van der Waals surface area contributed by atoms with Crippen LogP contribution in [0.2, 0.25) is 4.34 Å². The number of nitriles is 1. The van der Waals surface area contributed by atoms with E-state index in [2.05, 4.69) is 45.5 Å². The number of fused-ring (bicyclic) bond motifs is 3. The van der Waals surface area contributed by atoms with E-state index < -0.39 is 23.9 Å². The Morgan fingerprint density at radius 1 is 1.22 bits per heavy atom. The fourth-order valence-corrected chi connectivity index (χ4v) is 8.93. The fourth-order valence-electron chi connectivity index (χ4n) is 7.77. The molecule has 4 aliphatic rings. The predicted molar refractivity (Wildman–Crippen MR) is 173 cm³/mol. The molecule has 0 N–H and O–H groups in total. The van der Waals surface area contributed by atoms with Crippen LogP contribution in [0.3, 0.4) is 0 Å². The minimum atomic E-state index is -1.03. The second-order valence-electron chi connectivity index (χ2n) is 12.6. The van der Waals surface area contributed by atoms with E-state index in [0.29, 0.717) is 45.1 Å². The number of nitrogens with zero attached hydrogens (tertiary/aromatic N) is 6. The topological polar surface area (TPSA) is 75.9 Å². The molecule has 3 fully saturated rings. The van der Waals surface area contributed by atoms with Crippen LogP contribution in [0.4, 0.5) is 20.3 Å². The number of thiophene rings is 1. The number of hydrogen-bond acceptors (Lipinski definition) is 8. The number of hydrogen-bond donors (Lipinski definition) is 0. The van der Waals surface area contributed by atoms with Gasteiger partial charge in [-0.2, -0.15) is 10.2 Å². The summed E-state index contributed by atoms with van der Waals surface area (Å²) in [5.41, 5.74) is 3.00. The van der Waals surface area contributed by atoms with Crippen LogP contribution in [-0.2, 0) is 17.8 Å². The zero-order chi connectivity index (χ0) is 31.3. The number of carbonyl (C=O) groups is 1. The first-order valence-electron chi connectivity index (χ1n) is 15.5. The van der Waals surface area contributed by atoms with Crippen molar-refractivity contribution in [1.29, 1.82) is 5.26 Å². The zero-order valence-corrected chi connectivity index (χ0v) is 26.6. The predicted octanol–water partition coefficient (Wildman–Crippen LogP) is 5.88. The summed E-state index contributed by atoms with van der Waals surface area (Å²) in [6.45, 7) is 7.32. The van der Waals surface area contributed by atoms with Gasteiger partial charge in [-0.15, -0.1) is 11.3 Å². The molecule has 0 radical (unpaired) electrons. The number of aromatic nitrogens is 1. The Labute approximate surface area is 270 Å². The van der Waals surface area contributed by atoms with Gasteiger partial charge >= 0.3 is 0 Å². The van der Waals surface area contributed by atoms with E-state index in [1.54, 1.807) is 11.3 Å². The third-order valence-electron chi connectivity index (χ3n) is 9.87. The number of carbonyl (C=O) groups excluding carboxylic acids is 1. The van der Waals surface area contributed by atoms with Crippen LogP contribution in [0.15, 0.2) is 42.7 Å². The van der Waals surface area contributed by atoms with Gasteiger partial charge < -0.3 is 19.4 Å². The molecule has 3 saturated heterocycles. The summed E-state index contributed by atoms with van der Waals surface area (Å²) in [4.78, 5) is 25.7. The lowest BCUT2D eigenvalue weighted by Crippen LogP contribution is -2.55. The van der Waals surface area contributed by atoms with E-state index in [9.17, 15) is 18.8 Å². The number of rotatable bonds is 7. The Morgan fingerprint density at radius 2 is 2.09 bits per heavy atom. The Balaban J connectivity index is 1.22.